The van der Waals surface area contributed by atoms with Crippen LogP contribution in [-0.4, -0.2) is 36.8 Å². The summed E-state index contributed by atoms with van der Waals surface area (Å²) in [7, 11) is 0. The summed E-state index contributed by atoms with van der Waals surface area (Å²) in [4.78, 5) is 2.20. The van der Waals surface area contributed by atoms with Crippen LogP contribution in [0.4, 0.5) is 4.39 Å². The van der Waals surface area contributed by atoms with Crippen molar-refractivity contribution < 1.29 is 13.5 Å². The molecule has 0 saturated carbocycles. The van der Waals surface area contributed by atoms with Crippen molar-refractivity contribution in [3.05, 3.63) is 54.0 Å². The molecule has 0 aliphatic carbocycles. The van der Waals surface area contributed by atoms with Crippen LogP contribution in [0, 0.1) is 0 Å². The van der Waals surface area contributed by atoms with Gasteiger partial charge < -0.3 is 19.4 Å². The second kappa shape index (κ2) is 7.18. The van der Waals surface area contributed by atoms with E-state index in [4.69, 9.17) is 9.15 Å². The number of halogens is 1. The monoisotopic (exact) mass is 344 g/mol. The maximum Gasteiger partial charge on any atom is 0.124 e. The van der Waals surface area contributed by atoms with Crippen LogP contribution in [0.1, 0.15) is 36.4 Å². The minimum absolute atomic E-state index is 0.144. The summed E-state index contributed by atoms with van der Waals surface area (Å²) in [6, 6.07) is 10.6. The minimum Gasteiger partial charge on any atom is -0.487 e. The summed E-state index contributed by atoms with van der Waals surface area (Å²) in [6.45, 7) is 2.85. The van der Waals surface area contributed by atoms with Gasteiger partial charge in [0.25, 0.3) is 0 Å². The predicted molar refractivity (Wildman–Crippen MR) is 94.4 cm³/mol. The average molecular weight is 344 g/mol. The molecule has 2 aromatic rings. The zero-order chi connectivity index (χ0) is 17.1. The SMILES string of the molecule is FCCN1CCC2(CC1)C[C@@H](NCc1ccoc1)c1ccccc1O2. The molecule has 1 N–H and O–H groups in total. The Morgan fingerprint density at radius 3 is 2.80 bits per heavy atom. The fourth-order valence-corrected chi connectivity index (χ4v) is 4.04. The number of likely N-dealkylation sites (tertiary alicyclic amines) is 1. The zero-order valence-electron chi connectivity index (χ0n) is 14.4. The number of benzene rings is 1. The van der Waals surface area contributed by atoms with Gasteiger partial charge in [0, 0.05) is 49.8 Å². The van der Waals surface area contributed by atoms with E-state index in [9.17, 15) is 4.39 Å². The van der Waals surface area contributed by atoms with E-state index in [1.165, 1.54) is 5.56 Å². The van der Waals surface area contributed by atoms with E-state index in [0.29, 0.717) is 6.54 Å². The van der Waals surface area contributed by atoms with Crippen LogP contribution in [-0.2, 0) is 6.54 Å². The van der Waals surface area contributed by atoms with Gasteiger partial charge in [-0.3, -0.25) is 0 Å². The fraction of sp³-hybridized carbons (Fsp3) is 0.500. The van der Waals surface area contributed by atoms with E-state index in [1.54, 1.807) is 12.5 Å². The van der Waals surface area contributed by atoms with Gasteiger partial charge in [-0.15, -0.1) is 0 Å². The maximum atomic E-state index is 12.6. The molecule has 1 aromatic carbocycles. The highest BCUT2D eigenvalue weighted by molar-refractivity contribution is 5.39. The van der Waals surface area contributed by atoms with Crippen LogP contribution in [0.15, 0.2) is 47.3 Å². The standard InChI is InChI=1S/C20H25FN2O2/c21-8-11-23-9-6-20(7-10-23)13-18(22-14-16-5-12-24-15-16)17-3-1-2-4-19(17)25-20/h1-5,12,15,18,22H,6-11,13-14H2/t18-/m1/s1. The number of nitrogens with zero attached hydrogens (tertiary/aromatic N) is 1. The molecule has 1 fully saturated rings. The number of hydrogen-bond acceptors (Lipinski definition) is 4. The molecule has 0 unspecified atom stereocenters. The molecule has 0 amide bonds. The lowest BCUT2D eigenvalue weighted by atomic mass is 9.80. The number of piperidine rings is 1. The summed E-state index contributed by atoms with van der Waals surface area (Å²) in [5, 5.41) is 3.67. The van der Waals surface area contributed by atoms with Crippen LogP contribution >= 0.6 is 0 Å². The van der Waals surface area contributed by atoms with Crippen LogP contribution in [0.5, 0.6) is 5.75 Å². The van der Waals surface area contributed by atoms with Crippen LogP contribution in [0.25, 0.3) is 0 Å². The third-order valence-corrected chi connectivity index (χ3v) is 5.50. The molecular formula is C20H25FN2O2. The van der Waals surface area contributed by atoms with Crippen molar-refractivity contribution in [1.29, 1.82) is 0 Å². The first kappa shape index (κ1) is 16.6. The molecule has 1 atom stereocenters. The van der Waals surface area contributed by atoms with Crippen LogP contribution < -0.4 is 10.1 Å². The molecular weight excluding hydrogens is 319 g/mol. The van der Waals surface area contributed by atoms with Crippen molar-refractivity contribution in [2.45, 2.75) is 37.5 Å². The molecule has 4 rings (SSSR count). The normalized spacial score (nSPS) is 22.5. The average Bonchev–Trinajstić information content (AvgIpc) is 3.16. The Bertz CT molecular complexity index is 681. The Labute approximate surface area is 148 Å². The second-order valence-corrected chi connectivity index (χ2v) is 7.12. The van der Waals surface area contributed by atoms with Gasteiger partial charge in [0.05, 0.1) is 12.5 Å². The number of nitrogens with one attached hydrogen (secondary N) is 1. The summed E-state index contributed by atoms with van der Waals surface area (Å²) in [5.74, 6) is 0.984. The number of alkyl halides is 1. The molecule has 2 aliphatic heterocycles. The van der Waals surface area contributed by atoms with E-state index < -0.39 is 0 Å². The van der Waals surface area contributed by atoms with Gasteiger partial charge in [0.15, 0.2) is 0 Å². The molecule has 134 valence electrons. The lowest BCUT2D eigenvalue weighted by molar-refractivity contribution is -0.0263. The van der Waals surface area contributed by atoms with Gasteiger partial charge in [-0.2, -0.15) is 0 Å². The van der Waals surface area contributed by atoms with E-state index >= 15 is 0 Å². The largest absolute Gasteiger partial charge is 0.487 e. The van der Waals surface area contributed by atoms with Crippen molar-refractivity contribution in [1.82, 2.24) is 10.2 Å². The predicted octanol–water partition coefficient (Wildman–Crippen LogP) is 3.70. The van der Waals surface area contributed by atoms with Crippen molar-refractivity contribution in [2.75, 3.05) is 26.3 Å². The lowest BCUT2D eigenvalue weighted by Gasteiger charge is -2.47. The third-order valence-electron chi connectivity index (χ3n) is 5.50. The number of hydrogen-bond donors (Lipinski definition) is 1. The number of rotatable bonds is 5. The zero-order valence-corrected chi connectivity index (χ0v) is 14.4. The first-order valence-electron chi connectivity index (χ1n) is 9.09. The molecule has 0 radical (unpaired) electrons. The quantitative estimate of drug-likeness (QED) is 0.897. The fourth-order valence-electron chi connectivity index (χ4n) is 4.04. The molecule has 1 spiro atoms. The summed E-state index contributed by atoms with van der Waals surface area (Å²) < 4.78 is 24.3. The van der Waals surface area contributed by atoms with Gasteiger partial charge in [-0.1, -0.05) is 18.2 Å². The van der Waals surface area contributed by atoms with Gasteiger partial charge >= 0.3 is 0 Å². The van der Waals surface area contributed by atoms with Crippen molar-refractivity contribution in [3.8, 4) is 5.75 Å². The first-order chi connectivity index (χ1) is 12.3. The molecule has 0 bridgehead atoms. The molecule has 25 heavy (non-hydrogen) atoms. The van der Waals surface area contributed by atoms with Crippen molar-refractivity contribution >= 4 is 0 Å². The molecule has 1 aromatic heterocycles. The van der Waals surface area contributed by atoms with Gasteiger partial charge in [-0.05, 0) is 25.0 Å². The number of fused-ring (bicyclic) bond motifs is 1. The first-order valence-corrected chi connectivity index (χ1v) is 9.09. The van der Waals surface area contributed by atoms with E-state index in [-0.39, 0.29) is 18.3 Å². The molecule has 2 aliphatic rings. The highest BCUT2D eigenvalue weighted by Gasteiger charge is 2.42. The van der Waals surface area contributed by atoms with Crippen LogP contribution in [0.2, 0.25) is 0 Å². The molecule has 1 saturated heterocycles. The molecule has 3 heterocycles. The van der Waals surface area contributed by atoms with Crippen molar-refractivity contribution in [3.63, 3.8) is 0 Å². The maximum absolute atomic E-state index is 12.6. The van der Waals surface area contributed by atoms with Gasteiger partial charge in [0.2, 0.25) is 0 Å². The topological polar surface area (TPSA) is 37.6 Å². The summed E-state index contributed by atoms with van der Waals surface area (Å²) in [5.41, 5.74) is 2.23. The van der Waals surface area contributed by atoms with Crippen molar-refractivity contribution in [2.24, 2.45) is 0 Å². The summed E-state index contributed by atoms with van der Waals surface area (Å²) in [6.07, 6.45) is 6.34. The Morgan fingerprint density at radius 2 is 2.04 bits per heavy atom. The summed E-state index contributed by atoms with van der Waals surface area (Å²) >= 11 is 0. The number of furan rings is 1. The Balaban J connectivity index is 1.50. The number of ether oxygens (including phenoxy) is 1. The Morgan fingerprint density at radius 1 is 1.20 bits per heavy atom. The van der Waals surface area contributed by atoms with E-state index in [2.05, 4.69) is 28.4 Å². The van der Waals surface area contributed by atoms with Gasteiger partial charge in [-0.25, -0.2) is 4.39 Å². The van der Waals surface area contributed by atoms with E-state index in [0.717, 1.165) is 50.2 Å². The highest BCUT2D eigenvalue weighted by Crippen LogP contribution is 2.44. The smallest absolute Gasteiger partial charge is 0.124 e. The Hall–Kier alpha value is -1.85. The Kier molecular flexibility index (Phi) is 4.77. The molecule has 5 heteroatoms. The molecule has 4 nitrogen and oxygen atoms in total. The van der Waals surface area contributed by atoms with Gasteiger partial charge in [0.1, 0.15) is 18.0 Å². The van der Waals surface area contributed by atoms with Crippen LogP contribution in [0.3, 0.4) is 0 Å². The van der Waals surface area contributed by atoms with E-state index in [1.807, 2.05) is 12.1 Å². The number of para-hydroxylation sites is 1. The highest BCUT2D eigenvalue weighted by atomic mass is 19.1. The lowest BCUT2D eigenvalue weighted by Crippen LogP contribution is -2.52. The minimum atomic E-state index is -0.272. The second-order valence-electron chi connectivity index (χ2n) is 7.12. The third kappa shape index (κ3) is 3.58.